The second-order valence-corrected chi connectivity index (χ2v) is 5.46. The van der Waals surface area contributed by atoms with Crippen LogP contribution in [0, 0.1) is 5.82 Å². The molecule has 0 amide bonds. The zero-order valence-corrected chi connectivity index (χ0v) is 12.2. The summed E-state index contributed by atoms with van der Waals surface area (Å²) in [4.78, 5) is 8.78. The molecule has 0 bridgehead atoms. The Bertz CT molecular complexity index is 580. The molecule has 0 saturated carbocycles. The molecule has 0 aliphatic carbocycles. The van der Waals surface area contributed by atoms with E-state index in [2.05, 4.69) is 33.8 Å². The van der Waals surface area contributed by atoms with Crippen molar-refractivity contribution in [2.75, 3.05) is 31.1 Å². The first-order valence-electron chi connectivity index (χ1n) is 7.38. The fourth-order valence-corrected chi connectivity index (χ4v) is 2.89. The van der Waals surface area contributed by atoms with E-state index in [0.29, 0.717) is 6.04 Å². The van der Waals surface area contributed by atoms with E-state index in [9.17, 15) is 4.39 Å². The fraction of sp³-hybridized carbons (Fsp3) is 0.353. The number of benzene rings is 1. The predicted octanol–water partition coefficient (Wildman–Crippen LogP) is 3.10. The standard InChI is InChI=1S/C17H20FN3/c1-14(15-5-7-19-8-6-15)20-9-11-21(12-10-20)17-4-2-3-16(18)13-17/h2-8,13-14H,9-12H2,1H3. The average molecular weight is 285 g/mol. The maximum Gasteiger partial charge on any atom is 0.125 e. The van der Waals surface area contributed by atoms with Gasteiger partial charge in [-0.1, -0.05) is 6.07 Å². The van der Waals surface area contributed by atoms with Crippen molar-refractivity contribution >= 4 is 5.69 Å². The van der Waals surface area contributed by atoms with Crippen LogP contribution in [0.2, 0.25) is 0 Å². The minimum Gasteiger partial charge on any atom is -0.369 e. The molecule has 0 N–H and O–H groups in total. The van der Waals surface area contributed by atoms with Crippen LogP contribution in [-0.4, -0.2) is 36.1 Å². The number of aromatic nitrogens is 1. The molecule has 1 fully saturated rings. The van der Waals surface area contributed by atoms with E-state index < -0.39 is 0 Å². The highest BCUT2D eigenvalue weighted by Crippen LogP contribution is 2.23. The van der Waals surface area contributed by atoms with Gasteiger partial charge >= 0.3 is 0 Å². The lowest BCUT2D eigenvalue weighted by Gasteiger charge is -2.39. The van der Waals surface area contributed by atoms with E-state index in [4.69, 9.17) is 0 Å². The van der Waals surface area contributed by atoms with Gasteiger partial charge in [-0.15, -0.1) is 0 Å². The summed E-state index contributed by atoms with van der Waals surface area (Å²) in [6.07, 6.45) is 3.68. The molecule has 3 nitrogen and oxygen atoms in total. The number of hydrogen-bond donors (Lipinski definition) is 0. The quantitative estimate of drug-likeness (QED) is 0.864. The molecule has 1 aromatic carbocycles. The van der Waals surface area contributed by atoms with Gasteiger partial charge in [-0.25, -0.2) is 4.39 Å². The van der Waals surface area contributed by atoms with Crippen LogP contribution in [0.5, 0.6) is 0 Å². The van der Waals surface area contributed by atoms with Crippen LogP contribution in [0.15, 0.2) is 48.8 Å². The molecule has 21 heavy (non-hydrogen) atoms. The highest BCUT2D eigenvalue weighted by molar-refractivity contribution is 5.46. The van der Waals surface area contributed by atoms with E-state index in [1.807, 2.05) is 18.5 Å². The van der Waals surface area contributed by atoms with Gasteiger partial charge < -0.3 is 4.90 Å². The Balaban J connectivity index is 1.63. The molecular weight excluding hydrogens is 265 g/mol. The number of hydrogen-bond acceptors (Lipinski definition) is 3. The molecule has 0 radical (unpaired) electrons. The van der Waals surface area contributed by atoms with Crippen LogP contribution < -0.4 is 4.90 Å². The summed E-state index contributed by atoms with van der Waals surface area (Å²) in [6.45, 7) is 6.06. The van der Waals surface area contributed by atoms with Crippen molar-refractivity contribution in [1.82, 2.24) is 9.88 Å². The van der Waals surface area contributed by atoms with Crippen molar-refractivity contribution in [2.24, 2.45) is 0 Å². The molecule has 2 aromatic rings. The lowest BCUT2D eigenvalue weighted by atomic mass is 10.1. The lowest BCUT2D eigenvalue weighted by Crippen LogP contribution is -2.47. The van der Waals surface area contributed by atoms with Crippen LogP contribution in [0.4, 0.5) is 10.1 Å². The van der Waals surface area contributed by atoms with Crippen molar-refractivity contribution in [2.45, 2.75) is 13.0 Å². The molecule has 110 valence electrons. The molecule has 2 heterocycles. The molecule has 1 aliphatic heterocycles. The summed E-state index contributed by atoms with van der Waals surface area (Å²) in [5, 5.41) is 0. The van der Waals surface area contributed by atoms with Gasteiger partial charge in [0.1, 0.15) is 5.82 Å². The molecule has 1 aromatic heterocycles. The van der Waals surface area contributed by atoms with Crippen molar-refractivity contribution in [3.8, 4) is 0 Å². The topological polar surface area (TPSA) is 19.4 Å². The third kappa shape index (κ3) is 3.22. The van der Waals surface area contributed by atoms with Crippen LogP contribution in [0.3, 0.4) is 0 Å². The fourth-order valence-electron chi connectivity index (χ4n) is 2.89. The second-order valence-electron chi connectivity index (χ2n) is 5.46. The Morgan fingerprint density at radius 1 is 1.05 bits per heavy atom. The van der Waals surface area contributed by atoms with E-state index in [1.165, 1.54) is 11.6 Å². The van der Waals surface area contributed by atoms with Gasteiger partial charge in [0, 0.05) is 50.3 Å². The lowest BCUT2D eigenvalue weighted by molar-refractivity contribution is 0.198. The monoisotopic (exact) mass is 285 g/mol. The Kier molecular flexibility index (Phi) is 4.15. The molecule has 3 rings (SSSR count). The highest BCUT2D eigenvalue weighted by atomic mass is 19.1. The predicted molar refractivity (Wildman–Crippen MR) is 82.8 cm³/mol. The van der Waals surface area contributed by atoms with Crippen LogP contribution >= 0.6 is 0 Å². The highest BCUT2D eigenvalue weighted by Gasteiger charge is 2.22. The van der Waals surface area contributed by atoms with Gasteiger partial charge in [-0.3, -0.25) is 9.88 Å². The van der Waals surface area contributed by atoms with E-state index in [0.717, 1.165) is 31.9 Å². The molecule has 1 aliphatic rings. The molecule has 1 atom stereocenters. The normalized spacial score (nSPS) is 17.7. The maximum atomic E-state index is 13.3. The molecule has 4 heteroatoms. The SMILES string of the molecule is CC(c1ccncc1)N1CCN(c2cccc(F)c2)CC1. The van der Waals surface area contributed by atoms with E-state index >= 15 is 0 Å². The third-order valence-electron chi connectivity index (χ3n) is 4.22. The Labute approximate surface area is 125 Å². The zero-order chi connectivity index (χ0) is 14.7. The van der Waals surface area contributed by atoms with E-state index in [1.54, 1.807) is 12.1 Å². The van der Waals surface area contributed by atoms with Gasteiger partial charge in [-0.05, 0) is 42.8 Å². The summed E-state index contributed by atoms with van der Waals surface area (Å²) in [5.41, 5.74) is 2.27. The minimum absolute atomic E-state index is 0.167. The third-order valence-corrected chi connectivity index (χ3v) is 4.22. The average Bonchev–Trinajstić information content (AvgIpc) is 2.55. The summed E-state index contributed by atoms with van der Waals surface area (Å²) in [5.74, 6) is -0.167. The Morgan fingerprint density at radius 3 is 2.43 bits per heavy atom. The number of halogens is 1. The van der Waals surface area contributed by atoms with Gasteiger partial charge in [0.2, 0.25) is 0 Å². The van der Waals surface area contributed by atoms with Gasteiger partial charge in [-0.2, -0.15) is 0 Å². The molecular formula is C17H20FN3. The van der Waals surface area contributed by atoms with E-state index in [-0.39, 0.29) is 5.82 Å². The van der Waals surface area contributed by atoms with Crippen molar-refractivity contribution in [3.05, 3.63) is 60.2 Å². The number of rotatable bonds is 3. The van der Waals surface area contributed by atoms with Crippen LogP contribution in [-0.2, 0) is 0 Å². The first-order chi connectivity index (χ1) is 10.2. The Morgan fingerprint density at radius 2 is 1.76 bits per heavy atom. The smallest absolute Gasteiger partial charge is 0.125 e. The summed E-state index contributed by atoms with van der Waals surface area (Å²) in [7, 11) is 0. The number of nitrogens with zero attached hydrogens (tertiary/aromatic N) is 3. The van der Waals surface area contributed by atoms with Crippen molar-refractivity contribution in [1.29, 1.82) is 0 Å². The van der Waals surface area contributed by atoms with Crippen LogP contribution in [0.25, 0.3) is 0 Å². The number of piperazine rings is 1. The first kappa shape index (κ1) is 14.0. The molecule has 1 unspecified atom stereocenters. The zero-order valence-electron chi connectivity index (χ0n) is 12.2. The molecule has 0 spiro atoms. The Hall–Kier alpha value is -1.94. The summed E-state index contributed by atoms with van der Waals surface area (Å²) in [6, 6.07) is 11.4. The van der Waals surface area contributed by atoms with Crippen molar-refractivity contribution < 1.29 is 4.39 Å². The molecule has 1 saturated heterocycles. The largest absolute Gasteiger partial charge is 0.369 e. The van der Waals surface area contributed by atoms with Crippen molar-refractivity contribution in [3.63, 3.8) is 0 Å². The summed E-state index contributed by atoms with van der Waals surface area (Å²) >= 11 is 0. The van der Waals surface area contributed by atoms with Crippen LogP contribution in [0.1, 0.15) is 18.5 Å². The maximum absolute atomic E-state index is 13.3. The first-order valence-corrected chi connectivity index (χ1v) is 7.38. The van der Waals surface area contributed by atoms with Gasteiger partial charge in [0.15, 0.2) is 0 Å². The van der Waals surface area contributed by atoms with Gasteiger partial charge in [0.05, 0.1) is 0 Å². The van der Waals surface area contributed by atoms with Gasteiger partial charge in [0.25, 0.3) is 0 Å². The summed E-state index contributed by atoms with van der Waals surface area (Å²) < 4.78 is 13.3. The number of anilines is 1. The minimum atomic E-state index is -0.167. The second kappa shape index (κ2) is 6.22. The number of pyridine rings is 1.